The molecule has 2 aromatic carbocycles. The van der Waals surface area contributed by atoms with E-state index >= 15 is 0 Å². The highest BCUT2D eigenvalue weighted by Gasteiger charge is 2.27. The summed E-state index contributed by atoms with van der Waals surface area (Å²) >= 11 is 0. The van der Waals surface area contributed by atoms with Crippen LogP contribution in [0, 0.1) is 17.5 Å². The van der Waals surface area contributed by atoms with E-state index in [1.165, 1.54) is 17.0 Å². The summed E-state index contributed by atoms with van der Waals surface area (Å²) in [6.07, 6.45) is 0.179. The van der Waals surface area contributed by atoms with Gasteiger partial charge in [-0.05, 0) is 36.8 Å². The zero-order chi connectivity index (χ0) is 15.0. The van der Waals surface area contributed by atoms with Crippen LogP contribution in [0.15, 0.2) is 36.4 Å². The monoisotopic (exact) mass is 291 g/mol. The Morgan fingerprint density at radius 2 is 1.90 bits per heavy atom. The Morgan fingerprint density at radius 1 is 1.10 bits per heavy atom. The Labute approximate surface area is 119 Å². The van der Waals surface area contributed by atoms with Crippen molar-refractivity contribution in [1.82, 2.24) is 0 Å². The minimum Gasteiger partial charge on any atom is -0.311 e. The average molecular weight is 291 g/mol. The lowest BCUT2D eigenvalue weighted by molar-refractivity contribution is -0.117. The normalized spacial score (nSPS) is 13.4. The number of halogens is 3. The van der Waals surface area contributed by atoms with Crippen molar-refractivity contribution in [2.75, 3.05) is 11.4 Å². The molecule has 2 aromatic rings. The molecule has 21 heavy (non-hydrogen) atoms. The quantitative estimate of drug-likeness (QED) is 0.832. The van der Waals surface area contributed by atoms with E-state index in [4.69, 9.17) is 0 Å². The number of nitrogens with zero attached hydrogens (tertiary/aromatic N) is 1. The van der Waals surface area contributed by atoms with Crippen molar-refractivity contribution < 1.29 is 18.0 Å². The highest BCUT2D eigenvalue weighted by atomic mass is 19.1. The smallest absolute Gasteiger partial charge is 0.231 e. The number of hydrogen-bond donors (Lipinski definition) is 0. The predicted octanol–water partition coefficient (Wildman–Crippen LogP) is 3.24. The van der Waals surface area contributed by atoms with E-state index in [0.29, 0.717) is 24.2 Å². The van der Waals surface area contributed by atoms with E-state index in [1.807, 2.05) is 0 Å². The van der Waals surface area contributed by atoms with Crippen molar-refractivity contribution in [3.63, 3.8) is 0 Å². The first-order chi connectivity index (χ1) is 10.1. The summed E-state index contributed by atoms with van der Waals surface area (Å²) in [5, 5.41) is 0. The van der Waals surface area contributed by atoms with Gasteiger partial charge in [0.15, 0.2) is 0 Å². The number of amides is 1. The van der Waals surface area contributed by atoms with Gasteiger partial charge in [0.2, 0.25) is 5.91 Å². The van der Waals surface area contributed by atoms with Gasteiger partial charge in [-0.25, -0.2) is 13.2 Å². The van der Waals surface area contributed by atoms with E-state index in [9.17, 15) is 18.0 Å². The standard InChI is InChI=1S/C16H12F3NO/c17-11-4-5-13(18)10(8-11)9-16(21)20-7-6-12-14(19)2-1-3-15(12)20/h1-5,8H,6-7,9H2. The zero-order valence-corrected chi connectivity index (χ0v) is 11.1. The number of anilines is 1. The summed E-state index contributed by atoms with van der Waals surface area (Å²) in [7, 11) is 0. The van der Waals surface area contributed by atoms with Crippen molar-refractivity contribution in [3.8, 4) is 0 Å². The second-order valence-corrected chi connectivity index (χ2v) is 4.95. The number of carbonyl (C=O) groups is 1. The Bertz CT molecular complexity index is 715. The van der Waals surface area contributed by atoms with Crippen LogP contribution >= 0.6 is 0 Å². The van der Waals surface area contributed by atoms with E-state index < -0.39 is 11.6 Å². The molecule has 0 atom stereocenters. The molecule has 0 N–H and O–H groups in total. The van der Waals surface area contributed by atoms with E-state index in [2.05, 4.69) is 0 Å². The molecule has 0 bridgehead atoms. The van der Waals surface area contributed by atoms with Crippen LogP contribution in [0.1, 0.15) is 11.1 Å². The SMILES string of the molecule is O=C(Cc1cc(F)ccc1F)N1CCc2c(F)cccc21. The van der Waals surface area contributed by atoms with Gasteiger partial charge in [-0.3, -0.25) is 4.79 Å². The summed E-state index contributed by atoms with van der Waals surface area (Å²) in [6, 6.07) is 7.54. The third kappa shape index (κ3) is 2.51. The maximum atomic E-state index is 13.6. The van der Waals surface area contributed by atoms with E-state index in [1.54, 1.807) is 6.07 Å². The van der Waals surface area contributed by atoms with Crippen molar-refractivity contribution >= 4 is 11.6 Å². The summed E-state index contributed by atoms with van der Waals surface area (Å²) in [6.45, 7) is 0.353. The molecule has 0 aromatic heterocycles. The van der Waals surface area contributed by atoms with Crippen LogP contribution in [0.2, 0.25) is 0 Å². The number of benzene rings is 2. The fourth-order valence-electron chi connectivity index (χ4n) is 2.59. The molecule has 108 valence electrons. The Kier molecular flexibility index (Phi) is 3.41. The Morgan fingerprint density at radius 3 is 2.71 bits per heavy atom. The molecule has 1 aliphatic rings. The van der Waals surface area contributed by atoms with Gasteiger partial charge in [-0.15, -0.1) is 0 Å². The van der Waals surface area contributed by atoms with E-state index in [-0.39, 0.29) is 23.7 Å². The molecular weight excluding hydrogens is 279 g/mol. The van der Waals surface area contributed by atoms with Crippen LogP contribution in [0.25, 0.3) is 0 Å². The highest BCUT2D eigenvalue weighted by molar-refractivity contribution is 5.96. The van der Waals surface area contributed by atoms with Gasteiger partial charge in [0.1, 0.15) is 17.5 Å². The van der Waals surface area contributed by atoms with Crippen molar-refractivity contribution in [1.29, 1.82) is 0 Å². The lowest BCUT2D eigenvalue weighted by atomic mass is 10.1. The molecule has 0 unspecified atom stereocenters. The van der Waals surface area contributed by atoms with Crippen LogP contribution in [0.4, 0.5) is 18.9 Å². The molecule has 0 spiro atoms. The molecule has 2 nitrogen and oxygen atoms in total. The summed E-state index contributed by atoms with van der Waals surface area (Å²) in [5.41, 5.74) is 1.01. The van der Waals surface area contributed by atoms with Gasteiger partial charge < -0.3 is 4.90 Å². The highest BCUT2D eigenvalue weighted by Crippen LogP contribution is 2.30. The molecule has 0 saturated heterocycles. The fraction of sp³-hybridized carbons (Fsp3) is 0.188. The zero-order valence-electron chi connectivity index (χ0n) is 11.1. The predicted molar refractivity (Wildman–Crippen MR) is 72.5 cm³/mol. The van der Waals surface area contributed by atoms with Crippen molar-refractivity contribution in [2.24, 2.45) is 0 Å². The molecule has 1 aliphatic heterocycles. The molecule has 5 heteroatoms. The largest absolute Gasteiger partial charge is 0.311 e. The Hall–Kier alpha value is -2.30. The van der Waals surface area contributed by atoms with Gasteiger partial charge in [0.25, 0.3) is 0 Å². The molecule has 0 saturated carbocycles. The van der Waals surface area contributed by atoms with Crippen LogP contribution in [0.3, 0.4) is 0 Å². The first-order valence-electron chi connectivity index (χ1n) is 6.58. The van der Waals surface area contributed by atoms with Gasteiger partial charge in [-0.1, -0.05) is 6.07 Å². The number of carbonyl (C=O) groups excluding carboxylic acids is 1. The maximum Gasteiger partial charge on any atom is 0.231 e. The lowest BCUT2D eigenvalue weighted by Crippen LogP contribution is -2.30. The van der Waals surface area contributed by atoms with Crippen LogP contribution in [-0.4, -0.2) is 12.5 Å². The summed E-state index contributed by atoms with van der Waals surface area (Å²) in [5.74, 6) is -1.93. The van der Waals surface area contributed by atoms with Gasteiger partial charge in [0, 0.05) is 23.4 Å². The molecule has 3 rings (SSSR count). The van der Waals surface area contributed by atoms with Crippen LogP contribution in [0.5, 0.6) is 0 Å². The van der Waals surface area contributed by atoms with Gasteiger partial charge in [-0.2, -0.15) is 0 Å². The second kappa shape index (κ2) is 5.24. The van der Waals surface area contributed by atoms with Gasteiger partial charge in [0.05, 0.1) is 6.42 Å². The molecule has 0 radical (unpaired) electrons. The minimum atomic E-state index is -0.622. The van der Waals surface area contributed by atoms with Gasteiger partial charge >= 0.3 is 0 Å². The second-order valence-electron chi connectivity index (χ2n) is 4.95. The lowest BCUT2D eigenvalue weighted by Gasteiger charge is -2.17. The van der Waals surface area contributed by atoms with Crippen molar-refractivity contribution in [2.45, 2.75) is 12.8 Å². The third-order valence-corrected chi connectivity index (χ3v) is 3.62. The van der Waals surface area contributed by atoms with Crippen LogP contribution < -0.4 is 4.90 Å². The first-order valence-corrected chi connectivity index (χ1v) is 6.58. The average Bonchev–Trinajstić information content (AvgIpc) is 2.88. The minimum absolute atomic E-state index is 0.00449. The summed E-state index contributed by atoms with van der Waals surface area (Å²) < 4.78 is 40.3. The molecule has 1 heterocycles. The first kappa shape index (κ1) is 13.7. The topological polar surface area (TPSA) is 20.3 Å². The molecular formula is C16H12F3NO. The summed E-state index contributed by atoms with van der Waals surface area (Å²) in [4.78, 5) is 13.7. The molecule has 0 fully saturated rings. The van der Waals surface area contributed by atoms with Crippen molar-refractivity contribution in [3.05, 3.63) is 65.0 Å². The number of rotatable bonds is 2. The number of hydrogen-bond acceptors (Lipinski definition) is 1. The fourth-order valence-corrected chi connectivity index (χ4v) is 2.59. The van der Waals surface area contributed by atoms with E-state index in [0.717, 1.165) is 18.2 Å². The third-order valence-electron chi connectivity index (χ3n) is 3.62. The molecule has 1 amide bonds. The van der Waals surface area contributed by atoms with Crippen LogP contribution in [-0.2, 0) is 17.6 Å². The number of fused-ring (bicyclic) bond motifs is 1. The molecule has 0 aliphatic carbocycles. The maximum absolute atomic E-state index is 13.6. The Balaban J connectivity index is 1.85.